The molecule has 2 aromatic rings. The summed E-state index contributed by atoms with van der Waals surface area (Å²) < 4.78 is 51.4. The Hall–Kier alpha value is -3.67. The van der Waals surface area contributed by atoms with E-state index in [1.54, 1.807) is 26.0 Å². The lowest BCUT2D eigenvalue weighted by Crippen LogP contribution is -2.65. The third-order valence-electron chi connectivity index (χ3n) is 10.2. The van der Waals surface area contributed by atoms with E-state index in [1.165, 1.54) is 44.6 Å². The normalized spacial score (nSPS) is 35.9. The van der Waals surface area contributed by atoms with Crippen LogP contribution in [0.4, 0.5) is 0 Å². The van der Waals surface area contributed by atoms with Crippen LogP contribution in [-0.4, -0.2) is 172 Å². The van der Waals surface area contributed by atoms with Gasteiger partial charge in [-0.15, -0.1) is 0 Å². The van der Waals surface area contributed by atoms with Gasteiger partial charge >= 0.3 is 5.97 Å². The molecule has 57 heavy (non-hydrogen) atoms. The number of aliphatic hydroxyl groups excluding tert-OH is 7. The van der Waals surface area contributed by atoms with E-state index >= 15 is 0 Å². The maximum atomic E-state index is 13.5. The Balaban J connectivity index is 1.44. The van der Waals surface area contributed by atoms with Crippen molar-refractivity contribution < 1.29 is 93.4 Å². The Morgan fingerprint density at radius 3 is 2.09 bits per heavy atom. The summed E-state index contributed by atoms with van der Waals surface area (Å²) in [5, 5.41) is 94.6. The second kappa shape index (κ2) is 19.9. The summed E-state index contributed by atoms with van der Waals surface area (Å²) in [5.41, 5.74) is 1.07. The highest BCUT2D eigenvalue weighted by atomic mass is 16.8. The van der Waals surface area contributed by atoms with Crippen LogP contribution in [0.1, 0.15) is 25.0 Å². The topological polar surface area (TPSA) is 282 Å². The summed E-state index contributed by atoms with van der Waals surface area (Å²) in [7, 11) is 2.76. The number of phenols is 2. The highest BCUT2D eigenvalue weighted by Crippen LogP contribution is 2.34. The van der Waals surface area contributed by atoms with E-state index in [4.69, 9.17) is 42.6 Å². The molecule has 318 valence electrons. The Kier molecular flexibility index (Phi) is 15.5. The first-order chi connectivity index (χ1) is 27.2. The molecule has 0 spiro atoms. The minimum atomic E-state index is -1.81. The van der Waals surface area contributed by atoms with Gasteiger partial charge in [-0.25, -0.2) is 4.79 Å². The van der Waals surface area contributed by atoms with E-state index < -0.39 is 111 Å². The zero-order valence-electron chi connectivity index (χ0n) is 31.7. The van der Waals surface area contributed by atoms with Crippen LogP contribution >= 0.6 is 0 Å². The third kappa shape index (κ3) is 10.5. The molecular formula is C38H52O19. The Morgan fingerprint density at radius 2 is 1.40 bits per heavy atom. The molecule has 0 unspecified atom stereocenters. The first-order valence-electron chi connectivity index (χ1n) is 18.3. The van der Waals surface area contributed by atoms with E-state index in [0.717, 1.165) is 6.08 Å². The fraction of sp³-hybridized carbons (Fsp3) is 0.605. The van der Waals surface area contributed by atoms with Crippen LogP contribution < -0.4 is 9.47 Å². The second-order valence-corrected chi connectivity index (χ2v) is 14.0. The van der Waals surface area contributed by atoms with E-state index in [0.29, 0.717) is 11.1 Å². The van der Waals surface area contributed by atoms with Crippen LogP contribution in [0.5, 0.6) is 23.0 Å². The van der Waals surface area contributed by atoms with Crippen molar-refractivity contribution in [3.05, 3.63) is 53.6 Å². The number of phenolic OH excluding ortho intramolecular Hbond substituents is 2. The molecule has 3 heterocycles. The van der Waals surface area contributed by atoms with E-state index in [-0.39, 0.29) is 36.0 Å². The van der Waals surface area contributed by atoms with Gasteiger partial charge in [-0.05, 0) is 54.8 Å². The van der Waals surface area contributed by atoms with Gasteiger partial charge in [0, 0.05) is 12.0 Å². The number of aliphatic hydroxyl groups is 7. The molecule has 19 nitrogen and oxygen atoms in total. The van der Waals surface area contributed by atoms with Gasteiger partial charge in [0.05, 0.1) is 46.2 Å². The number of benzene rings is 2. The number of carbonyl (C=O) groups excluding carboxylic acids is 1. The monoisotopic (exact) mass is 812 g/mol. The number of methoxy groups -OCH3 is 2. The molecule has 0 aromatic heterocycles. The number of rotatable bonds is 15. The Bertz CT molecular complexity index is 1640. The molecule has 5 rings (SSSR count). The van der Waals surface area contributed by atoms with Crippen LogP contribution in [-0.2, 0) is 44.4 Å². The first kappa shape index (κ1) is 44.4. The van der Waals surface area contributed by atoms with Crippen LogP contribution in [0, 0.1) is 5.92 Å². The number of ether oxygens (including phenoxy) is 9. The summed E-state index contributed by atoms with van der Waals surface area (Å²) in [6, 6.07) is 9.03. The first-order valence-corrected chi connectivity index (χ1v) is 18.3. The molecule has 3 saturated heterocycles. The molecule has 0 radical (unpaired) electrons. The van der Waals surface area contributed by atoms with E-state index in [1.807, 2.05) is 0 Å². The Labute approximate surface area is 328 Å². The summed E-state index contributed by atoms with van der Waals surface area (Å²) in [6.45, 7) is 1.87. The number of hydrogen-bond acceptors (Lipinski definition) is 19. The third-order valence-corrected chi connectivity index (χ3v) is 10.2. The number of esters is 1. The minimum Gasteiger partial charge on any atom is -0.504 e. The quantitative estimate of drug-likeness (QED) is 0.0746. The largest absolute Gasteiger partial charge is 0.504 e. The van der Waals surface area contributed by atoms with Crippen molar-refractivity contribution in [1.29, 1.82) is 0 Å². The van der Waals surface area contributed by atoms with Crippen molar-refractivity contribution in [2.75, 3.05) is 34.0 Å². The molecule has 3 aliphatic heterocycles. The highest BCUT2D eigenvalue weighted by molar-refractivity contribution is 5.87. The molecule has 3 aliphatic rings. The molecule has 19 heteroatoms. The van der Waals surface area contributed by atoms with Crippen LogP contribution in [0.15, 0.2) is 42.5 Å². The van der Waals surface area contributed by atoms with Gasteiger partial charge in [-0.3, -0.25) is 0 Å². The summed E-state index contributed by atoms with van der Waals surface area (Å²) in [4.78, 5) is 13.5. The average molecular weight is 813 g/mol. The molecular weight excluding hydrogens is 760 g/mol. The smallest absolute Gasteiger partial charge is 0.331 e. The molecule has 9 N–H and O–H groups in total. The van der Waals surface area contributed by atoms with Gasteiger partial charge in [-0.2, -0.15) is 0 Å². The zero-order chi connectivity index (χ0) is 41.6. The van der Waals surface area contributed by atoms with E-state index in [9.17, 15) is 50.8 Å². The molecule has 15 atom stereocenters. The van der Waals surface area contributed by atoms with Crippen molar-refractivity contribution in [3.8, 4) is 23.0 Å². The average Bonchev–Trinajstić information content (AvgIpc) is 3.20. The van der Waals surface area contributed by atoms with Crippen molar-refractivity contribution in [1.82, 2.24) is 0 Å². The molecule has 0 amide bonds. The highest BCUT2D eigenvalue weighted by Gasteiger charge is 2.53. The molecule has 3 fully saturated rings. The van der Waals surface area contributed by atoms with E-state index in [2.05, 4.69) is 0 Å². The summed E-state index contributed by atoms with van der Waals surface area (Å²) >= 11 is 0. The zero-order valence-corrected chi connectivity index (χ0v) is 31.7. The summed E-state index contributed by atoms with van der Waals surface area (Å²) in [5.74, 6) is -1.34. The Morgan fingerprint density at radius 1 is 0.719 bits per heavy atom. The maximum Gasteiger partial charge on any atom is 0.331 e. The maximum absolute atomic E-state index is 13.5. The van der Waals surface area contributed by atoms with Crippen molar-refractivity contribution in [3.63, 3.8) is 0 Å². The summed E-state index contributed by atoms with van der Waals surface area (Å²) in [6.07, 6.45) is -18.7. The van der Waals surface area contributed by atoms with Gasteiger partial charge in [0.1, 0.15) is 48.8 Å². The predicted octanol–water partition coefficient (Wildman–Crippen LogP) is -1.31. The number of hydrogen-bond donors (Lipinski definition) is 9. The standard InChI is InChI=1S/C38H52O19/c1-17-18(2)53-38(31(46)28(17)43)57-35-33(48)37(51-12-11-20-6-9-23(49-3)22(41)13-20)55-26(16-52-36-32(47)30(45)29(44)25(15-39)54-36)34(35)56-27(42)10-7-19-5-8-21(40)24(14-19)50-4/h5-10,13-14,17-18,25-26,28-41,43-48H,11-12,15-16H2,1-4H3/b10-7+/t17-,18-,25+,26+,28+,29-,30-,31+,32+,33+,34+,35+,36+,37+,38-/m0/s1. The van der Waals surface area contributed by atoms with Gasteiger partial charge in [0.2, 0.25) is 0 Å². The molecule has 0 bridgehead atoms. The van der Waals surface area contributed by atoms with Gasteiger partial charge in [0.25, 0.3) is 0 Å². The predicted molar refractivity (Wildman–Crippen MR) is 193 cm³/mol. The molecule has 0 aliphatic carbocycles. The van der Waals surface area contributed by atoms with Gasteiger partial charge in [0.15, 0.2) is 48.0 Å². The van der Waals surface area contributed by atoms with Crippen molar-refractivity contribution >= 4 is 12.0 Å². The molecule has 2 aromatic carbocycles. The fourth-order valence-electron chi connectivity index (χ4n) is 6.61. The molecule has 0 saturated carbocycles. The van der Waals surface area contributed by atoms with Crippen molar-refractivity contribution in [2.45, 2.75) is 106 Å². The lowest BCUT2D eigenvalue weighted by atomic mass is 9.91. The SMILES string of the molecule is COc1ccc(CCO[C@@H]2O[C@H](CO[C@@H]3O[C@H](CO)[C@H](O)[C@H](O)[C@H]3O)[C@@H](OC(=O)/C=C/c3ccc(O)c(OC)c3)[C@H](O[C@@H]3O[C@@H](C)[C@H](C)[C@@H](O)[C@H]3O)[C@H]2O)cc1O. The van der Waals surface area contributed by atoms with Gasteiger partial charge < -0.3 is 88.6 Å². The van der Waals surface area contributed by atoms with Crippen LogP contribution in [0.3, 0.4) is 0 Å². The second-order valence-electron chi connectivity index (χ2n) is 14.0. The number of carbonyl (C=O) groups is 1. The van der Waals surface area contributed by atoms with Crippen LogP contribution in [0.25, 0.3) is 6.08 Å². The lowest BCUT2D eigenvalue weighted by Gasteiger charge is -2.47. The number of aromatic hydroxyl groups is 2. The minimum absolute atomic E-state index is 0.0976. The lowest BCUT2D eigenvalue weighted by molar-refractivity contribution is -0.361. The van der Waals surface area contributed by atoms with Crippen LogP contribution in [0.2, 0.25) is 0 Å². The van der Waals surface area contributed by atoms with Gasteiger partial charge in [-0.1, -0.05) is 19.1 Å². The fourth-order valence-corrected chi connectivity index (χ4v) is 6.61. The van der Waals surface area contributed by atoms with Crippen molar-refractivity contribution in [2.24, 2.45) is 5.92 Å².